The normalized spacial score (nSPS) is 9.94. The molecule has 16 heavy (non-hydrogen) atoms. The number of phenols is 1. The van der Waals surface area contributed by atoms with Crippen molar-refractivity contribution in [2.75, 3.05) is 0 Å². The highest BCUT2D eigenvalue weighted by molar-refractivity contribution is 5.85. The van der Waals surface area contributed by atoms with E-state index in [1.165, 1.54) is 5.56 Å². The van der Waals surface area contributed by atoms with Crippen molar-refractivity contribution in [1.82, 2.24) is 0 Å². The van der Waals surface area contributed by atoms with E-state index >= 15 is 0 Å². The number of phenolic OH excluding ortho intramolecular Hbond substituents is 1. The molecule has 3 N–H and O–H groups in total. The van der Waals surface area contributed by atoms with Crippen molar-refractivity contribution < 1.29 is 5.11 Å². The van der Waals surface area contributed by atoms with Crippen LogP contribution in [-0.2, 0) is 19.4 Å². The second kappa shape index (κ2) is 7.53. The van der Waals surface area contributed by atoms with Crippen LogP contribution >= 0.6 is 12.4 Å². The molecule has 0 radical (unpaired) electrons. The minimum absolute atomic E-state index is 0. The summed E-state index contributed by atoms with van der Waals surface area (Å²) in [4.78, 5) is 0. The molecule has 0 amide bonds. The molecular formula is C13H22ClNO. The summed E-state index contributed by atoms with van der Waals surface area (Å²) < 4.78 is 0. The van der Waals surface area contributed by atoms with Gasteiger partial charge in [-0.15, -0.1) is 12.4 Å². The van der Waals surface area contributed by atoms with Gasteiger partial charge in [-0.3, -0.25) is 0 Å². The topological polar surface area (TPSA) is 46.2 Å². The molecule has 0 atom stereocenters. The molecule has 3 heteroatoms. The monoisotopic (exact) mass is 243 g/mol. The predicted octanol–water partition coefficient (Wildman–Crippen LogP) is 3.18. The van der Waals surface area contributed by atoms with Gasteiger partial charge < -0.3 is 10.8 Å². The smallest absolute Gasteiger partial charge is 0.123 e. The molecule has 1 aromatic carbocycles. The first-order valence-electron chi connectivity index (χ1n) is 5.76. The highest BCUT2D eigenvalue weighted by Gasteiger charge is 2.07. The molecule has 92 valence electrons. The number of benzene rings is 1. The van der Waals surface area contributed by atoms with Crippen LogP contribution < -0.4 is 5.73 Å². The standard InChI is InChI=1S/C13H21NO.ClH/c1-3-5-10-7-11(6-4-2)13(15)12(8-10)9-14;/h7-8,15H,3-6,9,14H2,1-2H3;1H. The van der Waals surface area contributed by atoms with Gasteiger partial charge in [0.25, 0.3) is 0 Å². The summed E-state index contributed by atoms with van der Waals surface area (Å²) in [7, 11) is 0. The minimum atomic E-state index is 0. The molecule has 1 aromatic rings. The SMILES string of the molecule is CCCc1cc(CN)c(O)c(CCC)c1.Cl. The zero-order chi connectivity index (χ0) is 11.3. The molecule has 0 spiro atoms. The van der Waals surface area contributed by atoms with Gasteiger partial charge in [0.1, 0.15) is 5.75 Å². The van der Waals surface area contributed by atoms with E-state index in [2.05, 4.69) is 19.9 Å². The third kappa shape index (κ3) is 3.69. The van der Waals surface area contributed by atoms with Crippen molar-refractivity contribution in [3.05, 3.63) is 28.8 Å². The Balaban J connectivity index is 0.00000225. The lowest BCUT2D eigenvalue weighted by atomic mass is 9.98. The molecule has 0 bridgehead atoms. The predicted molar refractivity (Wildman–Crippen MR) is 71.2 cm³/mol. The number of aromatic hydroxyl groups is 1. The fourth-order valence-corrected chi connectivity index (χ4v) is 1.88. The van der Waals surface area contributed by atoms with E-state index in [1.54, 1.807) is 0 Å². The molecule has 2 nitrogen and oxygen atoms in total. The molecule has 0 saturated heterocycles. The highest BCUT2D eigenvalue weighted by atomic mass is 35.5. The summed E-state index contributed by atoms with van der Waals surface area (Å²) in [6.45, 7) is 4.70. The Bertz CT molecular complexity index is 326. The Morgan fingerprint density at radius 1 is 1.06 bits per heavy atom. The number of halogens is 1. The molecule has 0 aromatic heterocycles. The van der Waals surface area contributed by atoms with Crippen LogP contribution in [0.3, 0.4) is 0 Å². The van der Waals surface area contributed by atoms with Gasteiger partial charge >= 0.3 is 0 Å². The maximum Gasteiger partial charge on any atom is 0.123 e. The molecular weight excluding hydrogens is 222 g/mol. The second-order valence-electron chi connectivity index (χ2n) is 3.97. The quantitative estimate of drug-likeness (QED) is 0.835. The molecule has 0 unspecified atom stereocenters. The van der Waals surface area contributed by atoms with Gasteiger partial charge in [-0.1, -0.05) is 38.8 Å². The van der Waals surface area contributed by atoms with Crippen molar-refractivity contribution in [3.8, 4) is 5.75 Å². The summed E-state index contributed by atoms with van der Waals surface area (Å²) in [6.07, 6.45) is 4.16. The van der Waals surface area contributed by atoms with Crippen LogP contribution in [0.2, 0.25) is 0 Å². The van der Waals surface area contributed by atoms with Gasteiger partial charge in [-0.2, -0.15) is 0 Å². The van der Waals surface area contributed by atoms with Crippen LogP contribution in [0.4, 0.5) is 0 Å². The Kier molecular flexibility index (Phi) is 7.18. The number of nitrogens with two attached hydrogens (primary N) is 1. The first-order chi connectivity index (χ1) is 7.22. The molecule has 0 saturated carbocycles. The van der Waals surface area contributed by atoms with Gasteiger partial charge in [0, 0.05) is 12.1 Å². The largest absolute Gasteiger partial charge is 0.507 e. The first kappa shape index (κ1) is 15.3. The Morgan fingerprint density at radius 2 is 1.62 bits per heavy atom. The average molecular weight is 244 g/mol. The maximum absolute atomic E-state index is 9.93. The van der Waals surface area contributed by atoms with Crippen molar-refractivity contribution >= 4 is 12.4 Å². The van der Waals surface area contributed by atoms with Gasteiger partial charge in [0.15, 0.2) is 0 Å². The van der Waals surface area contributed by atoms with Gasteiger partial charge in [-0.05, 0) is 24.0 Å². The summed E-state index contributed by atoms with van der Waals surface area (Å²) in [5, 5.41) is 9.93. The third-order valence-corrected chi connectivity index (χ3v) is 2.61. The molecule has 0 aliphatic rings. The lowest BCUT2D eigenvalue weighted by molar-refractivity contribution is 0.460. The van der Waals surface area contributed by atoms with Crippen molar-refractivity contribution in [2.24, 2.45) is 5.73 Å². The summed E-state index contributed by atoms with van der Waals surface area (Å²) in [5.41, 5.74) is 8.84. The zero-order valence-electron chi connectivity index (χ0n) is 10.1. The number of aryl methyl sites for hydroxylation is 2. The van der Waals surface area contributed by atoms with Crippen molar-refractivity contribution in [3.63, 3.8) is 0 Å². The van der Waals surface area contributed by atoms with Crippen LogP contribution in [0.1, 0.15) is 43.4 Å². The van der Waals surface area contributed by atoms with Crippen LogP contribution in [0, 0.1) is 0 Å². The molecule has 0 fully saturated rings. The lowest BCUT2D eigenvalue weighted by Crippen LogP contribution is -2.01. The molecule has 0 heterocycles. The van der Waals surface area contributed by atoms with Crippen molar-refractivity contribution in [1.29, 1.82) is 0 Å². The molecule has 0 aliphatic carbocycles. The highest BCUT2D eigenvalue weighted by Crippen LogP contribution is 2.26. The number of hydrogen-bond acceptors (Lipinski definition) is 2. The van der Waals surface area contributed by atoms with Crippen LogP contribution in [0.5, 0.6) is 5.75 Å². The van der Waals surface area contributed by atoms with E-state index in [4.69, 9.17) is 5.73 Å². The van der Waals surface area contributed by atoms with Crippen LogP contribution in [0.15, 0.2) is 12.1 Å². The van der Waals surface area contributed by atoms with E-state index in [1.807, 2.05) is 6.07 Å². The second-order valence-corrected chi connectivity index (χ2v) is 3.97. The van der Waals surface area contributed by atoms with E-state index in [0.717, 1.165) is 36.8 Å². The maximum atomic E-state index is 9.93. The Hall–Kier alpha value is -0.730. The minimum Gasteiger partial charge on any atom is -0.507 e. The zero-order valence-corrected chi connectivity index (χ0v) is 10.9. The molecule has 0 aliphatic heterocycles. The third-order valence-electron chi connectivity index (χ3n) is 2.61. The fraction of sp³-hybridized carbons (Fsp3) is 0.538. The van der Waals surface area contributed by atoms with Crippen LogP contribution in [0.25, 0.3) is 0 Å². The van der Waals surface area contributed by atoms with Gasteiger partial charge in [-0.25, -0.2) is 0 Å². The van der Waals surface area contributed by atoms with E-state index < -0.39 is 0 Å². The number of rotatable bonds is 5. The summed E-state index contributed by atoms with van der Waals surface area (Å²) >= 11 is 0. The molecule has 1 rings (SSSR count). The van der Waals surface area contributed by atoms with Crippen molar-refractivity contribution in [2.45, 2.75) is 46.1 Å². The average Bonchev–Trinajstić information content (AvgIpc) is 2.23. The van der Waals surface area contributed by atoms with E-state index in [9.17, 15) is 5.11 Å². The van der Waals surface area contributed by atoms with E-state index in [-0.39, 0.29) is 12.4 Å². The van der Waals surface area contributed by atoms with Gasteiger partial charge in [0.2, 0.25) is 0 Å². The Labute approximate surface area is 104 Å². The number of hydrogen-bond donors (Lipinski definition) is 2. The first-order valence-corrected chi connectivity index (χ1v) is 5.76. The lowest BCUT2D eigenvalue weighted by Gasteiger charge is -2.11. The van der Waals surface area contributed by atoms with E-state index in [0.29, 0.717) is 12.3 Å². The fourth-order valence-electron chi connectivity index (χ4n) is 1.88. The summed E-state index contributed by atoms with van der Waals surface area (Å²) in [6, 6.07) is 4.14. The summed E-state index contributed by atoms with van der Waals surface area (Å²) in [5.74, 6) is 0.402. The Morgan fingerprint density at radius 3 is 2.12 bits per heavy atom. The van der Waals surface area contributed by atoms with Gasteiger partial charge in [0.05, 0.1) is 0 Å². The van der Waals surface area contributed by atoms with Crippen LogP contribution in [-0.4, -0.2) is 5.11 Å².